The number of carboxylic acid groups (broad SMARTS) is 1. The SMILES string of the molecule is CCCC.CCCCCCCCCCCCCCCCCC(=O)O.CCNN. The summed E-state index contributed by atoms with van der Waals surface area (Å²) in [4.78, 5) is 10.3. The van der Waals surface area contributed by atoms with Gasteiger partial charge in [0, 0.05) is 13.0 Å². The molecule has 0 unspecified atom stereocenters. The Labute approximate surface area is 177 Å². The zero-order chi connectivity index (χ0) is 21.7. The third kappa shape index (κ3) is 44.7. The molecule has 0 aromatic carbocycles. The Morgan fingerprint density at radius 1 is 0.607 bits per heavy atom. The van der Waals surface area contributed by atoms with E-state index in [0.29, 0.717) is 6.42 Å². The molecule has 0 spiro atoms. The molecule has 0 radical (unpaired) electrons. The Hall–Kier alpha value is -0.610. The highest BCUT2D eigenvalue weighted by Crippen LogP contribution is 2.13. The Kier molecular flexibility index (Phi) is 38.9. The van der Waals surface area contributed by atoms with Gasteiger partial charge in [-0.1, -0.05) is 130 Å². The lowest BCUT2D eigenvalue weighted by Gasteiger charge is -2.03. The monoisotopic (exact) mass is 402 g/mol. The minimum absolute atomic E-state index is 0.345. The van der Waals surface area contributed by atoms with Crippen molar-refractivity contribution in [2.75, 3.05) is 6.54 Å². The van der Waals surface area contributed by atoms with Crippen molar-refractivity contribution in [2.24, 2.45) is 5.84 Å². The first-order valence-corrected chi connectivity index (χ1v) is 12.3. The number of hydrazine groups is 1. The number of carbonyl (C=O) groups is 1. The lowest BCUT2D eigenvalue weighted by molar-refractivity contribution is -0.137. The van der Waals surface area contributed by atoms with Crippen molar-refractivity contribution >= 4 is 5.97 Å². The minimum atomic E-state index is -0.653. The molecule has 0 aromatic rings. The fraction of sp³-hybridized carbons (Fsp3) is 0.958. The number of nitrogens with two attached hydrogens (primary N) is 1. The van der Waals surface area contributed by atoms with Crippen LogP contribution in [0.15, 0.2) is 0 Å². The van der Waals surface area contributed by atoms with Gasteiger partial charge in [-0.15, -0.1) is 0 Å². The molecular weight excluding hydrogens is 348 g/mol. The number of rotatable bonds is 18. The molecule has 0 aromatic heterocycles. The van der Waals surface area contributed by atoms with Gasteiger partial charge < -0.3 is 5.11 Å². The minimum Gasteiger partial charge on any atom is -0.481 e. The van der Waals surface area contributed by atoms with Crippen molar-refractivity contribution in [1.82, 2.24) is 5.43 Å². The molecule has 4 nitrogen and oxygen atoms in total. The summed E-state index contributed by atoms with van der Waals surface area (Å²) >= 11 is 0. The zero-order valence-corrected chi connectivity index (χ0v) is 19.9. The van der Waals surface area contributed by atoms with Crippen LogP contribution in [0.2, 0.25) is 0 Å². The van der Waals surface area contributed by atoms with Crippen LogP contribution in [0.5, 0.6) is 0 Å². The number of carboxylic acids is 1. The van der Waals surface area contributed by atoms with Gasteiger partial charge in [-0.25, -0.2) is 0 Å². The number of nitrogens with one attached hydrogen (secondary N) is 1. The average molecular weight is 403 g/mol. The van der Waals surface area contributed by atoms with Gasteiger partial charge >= 0.3 is 5.97 Å². The van der Waals surface area contributed by atoms with E-state index in [1.165, 1.54) is 96.3 Å². The van der Waals surface area contributed by atoms with Gasteiger partial charge in [0.2, 0.25) is 0 Å². The molecule has 172 valence electrons. The van der Waals surface area contributed by atoms with E-state index < -0.39 is 5.97 Å². The lowest BCUT2D eigenvalue weighted by Crippen LogP contribution is -2.20. The van der Waals surface area contributed by atoms with Gasteiger partial charge in [-0.05, 0) is 6.42 Å². The van der Waals surface area contributed by atoms with E-state index in [4.69, 9.17) is 10.9 Å². The van der Waals surface area contributed by atoms with Crippen LogP contribution in [-0.4, -0.2) is 17.6 Å². The van der Waals surface area contributed by atoms with Crippen LogP contribution < -0.4 is 11.3 Å². The van der Waals surface area contributed by atoms with Gasteiger partial charge in [0.25, 0.3) is 0 Å². The molecule has 28 heavy (non-hydrogen) atoms. The number of hydrogen-bond acceptors (Lipinski definition) is 3. The second kappa shape index (κ2) is 33.9. The fourth-order valence-corrected chi connectivity index (χ4v) is 2.65. The van der Waals surface area contributed by atoms with Crippen LogP contribution >= 0.6 is 0 Å². The van der Waals surface area contributed by atoms with Gasteiger partial charge in [0.05, 0.1) is 0 Å². The third-order valence-corrected chi connectivity index (χ3v) is 4.70. The summed E-state index contributed by atoms with van der Waals surface area (Å²) in [6, 6.07) is 0. The fourth-order valence-electron chi connectivity index (χ4n) is 2.65. The molecule has 4 N–H and O–H groups in total. The molecule has 0 aliphatic carbocycles. The highest BCUT2D eigenvalue weighted by atomic mass is 16.4. The summed E-state index contributed by atoms with van der Waals surface area (Å²) in [7, 11) is 0. The van der Waals surface area contributed by atoms with E-state index in [0.717, 1.165) is 19.4 Å². The molecule has 0 aliphatic heterocycles. The van der Waals surface area contributed by atoms with E-state index >= 15 is 0 Å². The Bertz CT molecular complexity index is 253. The summed E-state index contributed by atoms with van der Waals surface area (Å²) in [6.45, 7) is 9.42. The van der Waals surface area contributed by atoms with E-state index in [1.54, 1.807) is 0 Å². The van der Waals surface area contributed by atoms with Crippen molar-refractivity contribution in [3.63, 3.8) is 0 Å². The maximum atomic E-state index is 10.3. The molecule has 0 amide bonds. The molecule has 0 heterocycles. The van der Waals surface area contributed by atoms with Crippen LogP contribution in [0.25, 0.3) is 0 Å². The van der Waals surface area contributed by atoms with Gasteiger partial charge in [-0.3, -0.25) is 16.1 Å². The summed E-state index contributed by atoms with van der Waals surface area (Å²) < 4.78 is 0. The Morgan fingerprint density at radius 3 is 1.11 bits per heavy atom. The molecule has 0 bridgehead atoms. The first kappa shape index (κ1) is 32.1. The van der Waals surface area contributed by atoms with Crippen LogP contribution in [0.4, 0.5) is 0 Å². The van der Waals surface area contributed by atoms with Crippen molar-refractivity contribution in [3.05, 3.63) is 0 Å². The maximum Gasteiger partial charge on any atom is 0.303 e. The second-order valence-electron chi connectivity index (χ2n) is 7.65. The van der Waals surface area contributed by atoms with Gasteiger partial charge in [0.15, 0.2) is 0 Å². The molecular formula is C24H54N2O2. The number of unbranched alkanes of at least 4 members (excludes halogenated alkanes) is 15. The first-order chi connectivity index (χ1) is 13.6. The standard InChI is InChI=1S/C18H36O2.C4H10.C2H8N2/c1-2-3-4-5-6-7-8-9-10-11-12-13-14-15-16-17-18(19)20;1-3-4-2;1-2-4-3/h2-17H2,1H3,(H,19,20);3-4H2,1-2H3;4H,2-3H2,1H3. The normalized spacial score (nSPS) is 9.89. The highest BCUT2D eigenvalue weighted by molar-refractivity contribution is 5.66. The molecule has 0 rings (SSSR count). The third-order valence-electron chi connectivity index (χ3n) is 4.70. The predicted octanol–water partition coefficient (Wildman–Crippen LogP) is 7.61. The largest absolute Gasteiger partial charge is 0.481 e. The molecule has 0 atom stereocenters. The summed E-state index contributed by atoms with van der Waals surface area (Å²) in [5.74, 6) is 4.12. The highest BCUT2D eigenvalue weighted by Gasteiger charge is 1.97. The predicted molar refractivity (Wildman–Crippen MR) is 126 cm³/mol. The van der Waals surface area contributed by atoms with Crippen molar-refractivity contribution < 1.29 is 9.90 Å². The number of aliphatic carboxylic acids is 1. The topological polar surface area (TPSA) is 75.3 Å². The van der Waals surface area contributed by atoms with E-state index in [1.807, 2.05) is 6.92 Å². The smallest absolute Gasteiger partial charge is 0.303 e. The molecule has 0 fully saturated rings. The average Bonchev–Trinajstić information content (AvgIpc) is 2.71. The quantitative estimate of drug-likeness (QED) is 0.125. The first-order valence-electron chi connectivity index (χ1n) is 12.3. The van der Waals surface area contributed by atoms with E-state index in [9.17, 15) is 4.79 Å². The van der Waals surface area contributed by atoms with Crippen molar-refractivity contribution in [2.45, 2.75) is 143 Å². The van der Waals surface area contributed by atoms with Gasteiger partial charge in [-0.2, -0.15) is 0 Å². The maximum absolute atomic E-state index is 10.3. The lowest BCUT2D eigenvalue weighted by atomic mass is 10.0. The Balaban J connectivity index is -0.000000656. The number of hydrogen-bond donors (Lipinski definition) is 3. The molecule has 0 aliphatic rings. The van der Waals surface area contributed by atoms with Crippen molar-refractivity contribution in [1.29, 1.82) is 0 Å². The van der Waals surface area contributed by atoms with Crippen LogP contribution in [0.1, 0.15) is 143 Å². The summed E-state index contributed by atoms with van der Waals surface area (Å²) in [5, 5.41) is 8.52. The van der Waals surface area contributed by atoms with Crippen LogP contribution in [-0.2, 0) is 4.79 Å². The van der Waals surface area contributed by atoms with E-state index in [2.05, 4.69) is 26.2 Å². The van der Waals surface area contributed by atoms with Crippen molar-refractivity contribution in [3.8, 4) is 0 Å². The summed E-state index contributed by atoms with van der Waals surface area (Å²) in [6.07, 6.45) is 22.8. The molecule has 4 heteroatoms. The van der Waals surface area contributed by atoms with Crippen LogP contribution in [0.3, 0.4) is 0 Å². The molecule has 0 saturated heterocycles. The zero-order valence-electron chi connectivity index (χ0n) is 19.9. The Morgan fingerprint density at radius 2 is 0.893 bits per heavy atom. The second-order valence-corrected chi connectivity index (χ2v) is 7.65. The summed E-state index contributed by atoms with van der Waals surface area (Å²) in [5.41, 5.74) is 2.43. The van der Waals surface area contributed by atoms with Gasteiger partial charge in [0.1, 0.15) is 0 Å². The van der Waals surface area contributed by atoms with Crippen LogP contribution in [0, 0.1) is 0 Å². The van der Waals surface area contributed by atoms with E-state index in [-0.39, 0.29) is 0 Å². The molecule has 0 saturated carbocycles.